The molecule has 0 amide bonds. The Morgan fingerprint density at radius 3 is 1.13 bits per heavy atom. The summed E-state index contributed by atoms with van der Waals surface area (Å²) in [6.45, 7) is 0. The molecule has 0 radical (unpaired) electrons. The third-order valence-corrected chi connectivity index (χ3v) is 13.4. The molecule has 0 saturated carbocycles. The van der Waals surface area contributed by atoms with Crippen LogP contribution < -0.4 is 15.6 Å². The average molecular weight is 375 g/mol. The van der Waals surface area contributed by atoms with Crippen LogP contribution in [0.15, 0.2) is 91.0 Å². The summed E-state index contributed by atoms with van der Waals surface area (Å²) in [6, 6.07) is 32.4. The van der Waals surface area contributed by atoms with Gasteiger partial charge in [0, 0.05) is 0 Å². The fourth-order valence-electron chi connectivity index (χ4n) is 3.08. The van der Waals surface area contributed by atoms with Crippen molar-refractivity contribution in [2.24, 2.45) is 0 Å². The van der Waals surface area contributed by atoms with Gasteiger partial charge in [0.1, 0.15) is 0 Å². The predicted molar refractivity (Wildman–Crippen MR) is 103 cm³/mol. The Bertz CT molecular complexity index is 633. The molecule has 0 aromatic heterocycles. The van der Waals surface area contributed by atoms with Crippen LogP contribution in [0.2, 0.25) is 11.0 Å². The second kappa shape index (κ2) is 7.36. The van der Waals surface area contributed by atoms with Crippen LogP contribution in [0.4, 0.5) is 0 Å². The fraction of sp³-hybridized carbons (Fsp3) is 0.100. The van der Waals surface area contributed by atoms with Crippen LogP contribution in [-0.4, -0.2) is 24.9 Å². The molecule has 0 aliphatic heterocycles. The first-order valence-corrected chi connectivity index (χ1v) is 15.8. The summed E-state index contributed by atoms with van der Waals surface area (Å²) < 4.78 is 6.92. The van der Waals surface area contributed by atoms with Gasteiger partial charge in [0.05, 0.1) is 0 Å². The zero-order valence-electron chi connectivity index (χ0n) is 13.6. The van der Waals surface area contributed by atoms with Crippen molar-refractivity contribution in [3.8, 4) is 0 Å². The molecule has 0 saturated heterocycles. The molecule has 0 N–H and O–H groups in total. The summed E-state index contributed by atoms with van der Waals surface area (Å²) in [5.74, 6) is 0. The zero-order chi connectivity index (χ0) is 16.1. The normalized spacial score (nSPS) is 11.2. The standard InChI is InChI=1S/C18H15OSi.2CH3.Ga/c19-20(16-10-4-1-5-11-16,17-12-6-2-7-13-17)18-14-8-3-9-15-18;;;/h1-15H;2*1H3;/q-1;;;+1. The van der Waals surface area contributed by atoms with E-state index in [-0.39, 0.29) is 0 Å². The molecule has 1 nitrogen and oxygen atoms in total. The SMILES string of the molecule is [CH3][Ga]([CH3])[O][Si](c1ccccc1)(c1ccccc1)c1ccccc1. The number of benzene rings is 3. The van der Waals surface area contributed by atoms with E-state index in [2.05, 4.69) is 102 Å². The summed E-state index contributed by atoms with van der Waals surface area (Å²) in [5.41, 5.74) is 4.62. The molecule has 3 aromatic carbocycles. The minimum atomic E-state index is -2.40. The fourth-order valence-corrected chi connectivity index (χ4v) is 14.2. The maximum absolute atomic E-state index is 6.92. The average Bonchev–Trinajstić information content (AvgIpc) is 2.62. The van der Waals surface area contributed by atoms with Crippen LogP contribution in [0.5, 0.6) is 0 Å². The molecular weight excluding hydrogens is 354 g/mol. The van der Waals surface area contributed by atoms with Crippen LogP contribution in [0.1, 0.15) is 0 Å². The summed E-state index contributed by atoms with van der Waals surface area (Å²) in [7, 11) is -2.40. The van der Waals surface area contributed by atoms with Crippen LogP contribution in [-0.2, 0) is 3.22 Å². The first-order chi connectivity index (χ1) is 11.2. The van der Waals surface area contributed by atoms with Crippen LogP contribution >= 0.6 is 0 Å². The molecule has 3 aromatic rings. The summed E-state index contributed by atoms with van der Waals surface area (Å²) in [6.07, 6.45) is 0. The molecule has 0 spiro atoms. The summed E-state index contributed by atoms with van der Waals surface area (Å²) in [5, 5.41) is 3.99. The minimum absolute atomic E-state index is 1.33. The van der Waals surface area contributed by atoms with Crippen molar-refractivity contribution in [2.45, 2.75) is 11.0 Å². The van der Waals surface area contributed by atoms with E-state index in [9.17, 15) is 0 Å². The van der Waals surface area contributed by atoms with Gasteiger partial charge in [0.15, 0.2) is 0 Å². The van der Waals surface area contributed by atoms with E-state index in [0.29, 0.717) is 0 Å². The van der Waals surface area contributed by atoms with Crippen LogP contribution in [0.25, 0.3) is 0 Å². The van der Waals surface area contributed by atoms with E-state index in [1.54, 1.807) is 0 Å². The maximum atomic E-state index is 6.92. The summed E-state index contributed by atoms with van der Waals surface area (Å²) in [4.78, 5) is 0. The van der Waals surface area contributed by atoms with Gasteiger partial charge in [-0.05, 0) is 0 Å². The Labute approximate surface area is 145 Å². The van der Waals surface area contributed by atoms with Gasteiger partial charge in [-0.15, -0.1) is 0 Å². The first-order valence-electron chi connectivity index (χ1n) is 8.08. The van der Waals surface area contributed by atoms with E-state index in [4.69, 9.17) is 3.22 Å². The van der Waals surface area contributed by atoms with Gasteiger partial charge in [-0.1, -0.05) is 0 Å². The van der Waals surface area contributed by atoms with Crippen molar-refractivity contribution in [2.75, 3.05) is 0 Å². The third-order valence-electron chi connectivity index (χ3n) is 3.95. The molecule has 23 heavy (non-hydrogen) atoms. The second-order valence-corrected chi connectivity index (χ2v) is 15.2. The van der Waals surface area contributed by atoms with Gasteiger partial charge in [0.25, 0.3) is 0 Å². The topological polar surface area (TPSA) is 9.23 Å². The van der Waals surface area contributed by atoms with Crippen molar-refractivity contribution in [3.63, 3.8) is 0 Å². The molecule has 3 heteroatoms. The van der Waals surface area contributed by atoms with Crippen LogP contribution in [0, 0.1) is 0 Å². The van der Waals surface area contributed by atoms with E-state index in [1.165, 1.54) is 15.6 Å². The number of hydrogen-bond donors (Lipinski definition) is 0. The summed E-state index contributed by atoms with van der Waals surface area (Å²) >= 11 is -1.73. The van der Waals surface area contributed by atoms with E-state index >= 15 is 0 Å². The molecular formula is C20H21GaOSi. The molecule has 3 rings (SSSR count). The molecule has 0 heterocycles. The molecule has 0 atom stereocenters. The molecule has 114 valence electrons. The second-order valence-electron chi connectivity index (χ2n) is 5.95. The Morgan fingerprint density at radius 1 is 0.565 bits per heavy atom. The molecule has 0 aliphatic carbocycles. The van der Waals surface area contributed by atoms with E-state index in [0.717, 1.165) is 0 Å². The molecule has 0 aliphatic rings. The van der Waals surface area contributed by atoms with Crippen molar-refractivity contribution in [1.82, 2.24) is 0 Å². The Hall–Kier alpha value is -1.53. The predicted octanol–water partition coefficient (Wildman–Crippen LogP) is 2.92. The van der Waals surface area contributed by atoms with Crippen molar-refractivity contribution >= 4 is 40.5 Å². The zero-order valence-corrected chi connectivity index (χ0v) is 17.1. The quantitative estimate of drug-likeness (QED) is 0.492. The van der Waals surface area contributed by atoms with Crippen molar-refractivity contribution in [3.05, 3.63) is 91.0 Å². The Morgan fingerprint density at radius 2 is 0.870 bits per heavy atom. The molecule has 0 fully saturated rings. The van der Waals surface area contributed by atoms with Gasteiger partial charge < -0.3 is 0 Å². The van der Waals surface area contributed by atoms with E-state index < -0.39 is 24.9 Å². The van der Waals surface area contributed by atoms with Crippen molar-refractivity contribution < 1.29 is 3.22 Å². The Balaban J connectivity index is 2.30. The Kier molecular flexibility index (Phi) is 5.23. The number of hydrogen-bond acceptors (Lipinski definition) is 1. The van der Waals surface area contributed by atoms with Gasteiger partial charge in [-0.3, -0.25) is 0 Å². The van der Waals surface area contributed by atoms with Crippen molar-refractivity contribution in [1.29, 1.82) is 0 Å². The molecule has 0 unspecified atom stereocenters. The molecule has 0 bridgehead atoms. The third kappa shape index (κ3) is 3.38. The van der Waals surface area contributed by atoms with Gasteiger partial charge in [-0.25, -0.2) is 0 Å². The van der Waals surface area contributed by atoms with Gasteiger partial charge in [-0.2, -0.15) is 0 Å². The first kappa shape index (κ1) is 16.3. The number of rotatable bonds is 5. The van der Waals surface area contributed by atoms with Crippen LogP contribution in [0.3, 0.4) is 0 Å². The van der Waals surface area contributed by atoms with E-state index in [1.807, 2.05) is 0 Å². The van der Waals surface area contributed by atoms with Gasteiger partial charge in [0.2, 0.25) is 0 Å². The monoisotopic (exact) mass is 374 g/mol. The van der Waals surface area contributed by atoms with Gasteiger partial charge >= 0.3 is 146 Å².